The van der Waals surface area contributed by atoms with Gasteiger partial charge in [0.25, 0.3) is 11.1 Å². The minimum atomic E-state index is -0.984. The Labute approximate surface area is 215 Å². The van der Waals surface area contributed by atoms with E-state index in [-0.39, 0.29) is 29.5 Å². The average molecular weight is 559 g/mol. The smallest absolute Gasteiger partial charge is 0.335 e. The van der Waals surface area contributed by atoms with E-state index in [1.165, 1.54) is 12.1 Å². The number of carbonyl (C=O) groups excluding carboxylic acids is 3. The van der Waals surface area contributed by atoms with Crippen LogP contribution in [0.25, 0.3) is 6.08 Å². The fraction of sp³-hybridized carbons (Fsp3) is 0.280. The number of benzene rings is 2. The van der Waals surface area contributed by atoms with Crippen LogP contribution in [0, 0.1) is 0 Å². The number of halogens is 1. The minimum absolute atomic E-state index is 0.199. The number of amides is 3. The number of carboxylic acids is 1. The van der Waals surface area contributed by atoms with Crippen molar-refractivity contribution >= 4 is 56.8 Å². The first-order valence-electron chi connectivity index (χ1n) is 11.1. The van der Waals surface area contributed by atoms with Gasteiger partial charge in [-0.15, -0.1) is 0 Å². The fourth-order valence-corrected chi connectivity index (χ4v) is 5.14. The van der Waals surface area contributed by atoms with Gasteiger partial charge in [0.1, 0.15) is 18.9 Å². The number of imide groups is 1. The van der Waals surface area contributed by atoms with Crippen molar-refractivity contribution in [2.24, 2.45) is 0 Å². The van der Waals surface area contributed by atoms with E-state index < -0.39 is 17.1 Å². The maximum atomic E-state index is 12.8. The molecular weight excluding hydrogens is 536 g/mol. The Morgan fingerprint density at radius 3 is 2.43 bits per heavy atom. The second-order valence-electron chi connectivity index (χ2n) is 8.19. The molecular formula is C25H23BrN2O6S. The Kier molecular flexibility index (Phi) is 7.92. The molecule has 0 unspecified atom stereocenters. The molecule has 0 aliphatic carbocycles. The van der Waals surface area contributed by atoms with Gasteiger partial charge < -0.3 is 14.7 Å². The molecule has 2 aliphatic heterocycles. The lowest BCUT2D eigenvalue weighted by Gasteiger charge is -2.27. The molecule has 2 aromatic rings. The second-order valence-corrected chi connectivity index (χ2v) is 10.0. The quantitative estimate of drug-likeness (QED) is 0.488. The van der Waals surface area contributed by atoms with Gasteiger partial charge in [0.15, 0.2) is 0 Å². The van der Waals surface area contributed by atoms with E-state index in [9.17, 15) is 19.2 Å². The van der Waals surface area contributed by atoms with Crippen LogP contribution in [0.5, 0.6) is 5.75 Å². The van der Waals surface area contributed by atoms with Crippen LogP contribution in [0.15, 0.2) is 51.8 Å². The lowest BCUT2D eigenvalue weighted by Crippen LogP contribution is -2.44. The Balaban J connectivity index is 1.38. The molecule has 0 atom stereocenters. The highest BCUT2D eigenvalue weighted by atomic mass is 79.9. The number of piperidine rings is 1. The molecule has 3 amide bonds. The van der Waals surface area contributed by atoms with Crippen molar-refractivity contribution in [1.29, 1.82) is 0 Å². The monoisotopic (exact) mass is 558 g/mol. The SMILES string of the molecule is O=C(O)c1ccc(COc2ccc(/C=C3\SC(=O)N(CC(=O)N4CCCCC4)C3=O)cc2Br)cc1. The molecule has 1 N–H and O–H groups in total. The zero-order valence-electron chi connectivity index (χ0n) is 18.7. The van der Waals surface area contributed by atoms with Gasteiger partial charge in [0.2, 0.25) is 5.91 Å². The summed E-state index contributed by atoms with van der Waals surface area (Å²) in [5.74, 6) is -1.08. The zero-order chi connectivity index (χ0) is 24.9. The van der Waals surface area contributed by atoms with E-state index in [4.69, 9.17) is 9.84 Å². The zero-order valence-corrected chi connectivity index (χ0v) is 21.1. The van der Waals surface area contributed by atoms with Crippen molar-refractivity contribution in [3.05, 3.63) is 68.5 Å². The second kappa shape index (κ2) is 11.1. The van der Waals surface area contributed by atoms with Crippen molar-refractivity contribution < 1.29 is 29.0 Å². The number of ether oxygens (including phenoxy) is 1. The number of carboxylic acid groups (broad SMARTS) is 1. The topological polar surface area (TPSA) is 104 Å². The summed E-state index contributed by atoms with van der Waals surface area (Å²) in [4.78, 5) is 51.6. The molecule has 8 nitrogen and oxygen atoms in total. The molecule has 0 aromatic heterocycles. The van der Waals surface area contributed by atoms with Crippen LogP contribution < -0.4 is 4.74 Å². The normalized spacial score (nSPS) is 17.2. The molecule has 2 heterocycles. The number of thioether (sulfide) groups is 1. The molecule has 0 bridgehead atoms. The molecule has 2 aromatic carbocycles. The van der Waals surface area contributed by atoms with Crippen molar-refractivity contribution in [3.8, 4) is 5.75 Å². The highest BCUT2D eigenvalue weighted by Crippen LogP contribution is 2.34. The molecule has 2 saturated heterocycles. The van der Waals surface area contributed by atoms with Crippen LogP contribution >= 0.6 is 27.7 Å². The molecule has 0 spiro atoms. The van der Waals surface area contributed by atoms with Crippen LogP contribution in [-0.4, -0.2) is 57.6 Å². The van der Waals surface area contributed by atoms with Gasteiger partial charge in [0, 0.05) is 13.1 Å². The molecule has 0 radical (unpaired) electrons. The van der Waals surface area contributed by atoms with Crippen LogP contribution in [0.2, 0.25) is 0 Å². The van der Waals surface area contributed by atoms with E-state index in [2.05, 4.69) is 15.9 Å². The first-order valence-corrected chi connectivity index (χ1v) is 12.7. The Morgan fingerprint density at radius 2 is 1.77 bits per heavy atom. The van der Waals surface area contributed by atoms with Crippen molar-refractivity contribution in [2.45, 2.75) is 25.9 Å². The average Bonchev–Trinajstić information content (AvgIpc) is 3.11. The number of rotatable bonds is 7. The van der Waals surface area contributed by atoms with Crippen molar-refractivity contribution in [2.75, 3.05) is 19.6 Å². The van der Waals surface area contributed by atoms with Crippen LogP contribution in [0.4, 0.5) is 4.79 Å². The first kappa shape index (κ1) is 25.0. The summed E-state index contributed by atoms with van der Waals surface area (Å²) in [6.07, 6.45) is 4.60. The maximum Gasteiger partial charge on any atom is 0.335 e. The summed E-state index contributed by atoms with van der Waals surface area (Å²) in [7, 11) is 0. The van der Waals surface area contributed by atoms with Gasteiger partial charge in [-0.1, -0.05) is 18.2 Å². The van der Waals surface area contributed by atoms with E-state index in [1.807, 2.05) is 0 Å². The number of nitrogens with zero attached hydrogens (tertiary/aromatic N) is 2. The predicted octanol–water partition coefficient (Wildman–Crippen LogP) is 4.78. The lowest BCUT2D eigenvalue weighted by atomic mass is 10.1. The molecule has 2 fully saturated rings. The van der Waals surface area contributed by atoms with Crippen molar-refractivity contribution in [1.82, 2.24) is 9.80 Å². The minimum Gasteiger partial charge on any atom is -0.488 e. The first-order chi connectivity index (χ1) is 16.8. The molecule has 0 saturated carbocycles. The molecule has 182 valence electrons. The van der Waals surface area contributed by atoms with Gasteiger partial charge in [0.05, 0.1) is 14.9 Å². The molecule has 2 aliphatic rings. The van der Waals surface area contributed by atoms with E-state index in [0.717, 1.165) is 41.5 Å². The van der Waals surface area contributed by atoms with E-state index in [0.29, 0.717) is 28.9 Å². The summed E-state index contributed by atoms with van der Waals surface area (Å²) in [5.41, 5.74) is 1.72. The summed E-state index contributed by atoms with van der Waals surface area (Å²) < 4.78 is 6.47. The summed E-state index contributed by atoms with van der Waals surface area (Å²) in [5, 5.41) is 8.54. The van der Waals surface area contributed by atoms with Gasteiger partial charge in [-0.2, -0.15) is 0 Å². The van der Waals surface area contributed by atoms with Crippen LogP contribution in [0.1, 0.15) is 40.7 Å². The molecule has 4 rings (SSSR count). The Hall–Kier alpha value is -3.11. The fourth-order valence-electron chi connectivity index (χ4n) is 3.79. The predicted molar refractivity (Wildman–Crippen MR) is 135 cm³/mol. The number of aromatic carboxylic acids is 1. The highest BCUT2D eigenvalue weighted by molar-refractivity contribution is 9.10. The standard InChI is InChI=1S/C25H23BrN2O6S/c26-19-12-17(6-9-20(19)34-15-16-4-7-18(8-5-16)24(31)32)13-21-23(30)28(25(33)35-21)14-22(29)27-10-2-1-3-11-27/h4-9,12-13H,1-3,10-11,14-15H2,(H,31,32)/b21-13-. The van der Waals surface area contributed by atoms with E-state index in [1.54, 1.807) is 41.3 Å². The lowest BCUT2D eigenvalue weighted by molar-refractivity contribution is -0.136. The van der Waals surface area contributed by atoms with Crippen LogP contribution in [-0.2, 0) is 16.2 Å². The molecule has 10 heteroatoms. The maximum absolute atomic E-state index is 12.8. The third kappa shape index (κ3) is 6.12. The largest absolute Gasteiger partial charge is 0.488 e. The van der Waals surface area contributed by atoms with Gasteiger partial charge >= 0.3 is 5.97 Å². The third-order valence-electron chi connectivity index (χ3n) is 5.72. The Morgan fingerprint density at radius 1 is 1.06 bits per heavy atom. The molecule has 35 heavy (non-hydrogen) atoms. The van der Waals surface area contributed by atoms with Crippen LogP contribution in [0.3, 0.4) is 0 Å². The van der Waals surface area contributed by atoms with Gasteiger partial charge in [-0.25, -0.2) is 4.79 Å². The number of likely N-dealkylation sites (tertiary alicyclic amines) is 1. The summed E-state index contributed by atoms with van der Waals surface area (Å²) in [6.45, 7) is 1.36. The van der Waals surface area contributed by atoms with Crippen molar-refractivity contribution in [3.63, 3.8) is 0 Å². The Bertz CT molecular complexity index is 1190. The van der Waals surface area contributed by atoms with Gasteiger partial charge in [-0.3, -0.25) is 19.3 Å². The summed E-state index contributed by atoms with van der Waals surface area (Å²) in [6, 6.07) is 11.7. The van der Waals surface area contributed by atoms with E-state index >= 15 is 0 Å². The number of hydrogen-bond donors (Lipinski definition) is 1. The highest BCUT2D eigenvalue weighted by Gasteiger charge is 2.37. The third-order valence-corrected chi connectivity index (χ3v) is 7.25. The number of hydrogen-bond acceptors (Lipinski definition) is 6. The number of carbonyl (C=O) groups is 4. The summed E-state index contributed by atoms with van der Waals surface area (Å²) >= 11 is 4.29. The van der Waals surface area contributed by atoms with Gasteiger partial charge in [-0.05, 0) is 88.4 Å².